The second-order valence-corrected chi connectivity index (χ2v) is 3.70. The van der Waals surface area contributed by atoms with Gasteiger partial charge in [-0.25, -0.2) is 4.79 Å². The van der Waals surface area contributed by atoms with Crippen LogP contribution < -0.4 is 10.6 Å². The van der Waals surface area contributed by atoms with Crippen LogP contribution in [0.2, 0.25) is 5.02 Å². The van der Waals surface area contributed by atoms with Crippen LogP contribution in [0, 0.1) is 0 Å². The molecule has 16 heavy (non-hydrogen) atoms. The van der Waals surface area contributed by atoms with E-state index in [1.807, 2.05) is 5.32 Å². The normalized spacial score (nSPS) is 19.2. The lowest BCUT2D eigenvalue weighted by Crippen LogP contribution is -2.37. The molecule has 0 aromatic heterocycles. The molecule has 1 aliphatic rings. The van der Waals surface area contributed by atoms with Crippen LogP contribution in [-0.4, -0.2) is 23.8 Å². The zero-order valence-corrected chi connectivity index (χ0v) is 8.75. The molecule has 82 valence electrons. The molecule has 0 radical (unpaired) electrons. The summed E-state index contributed by atoms with van der Waals surface area (Å²) in [5, 5.41) is 4.72. The van der Waals surface area contributed by atoms with Gasteiger partial charge >= 0.3 is 6.03 Å². The first-order chi connectivity index (χ1) is 7.58. The monoisotopic (exact) mass is 238 g/mol. The molecule has 2 rings (SSSR count). The number of nitrogens with one attached hydrogen (secondary N) is 2. The maximum absolute atomic E-state index is 11.8. The highest BCUT2D eigenvalue weighted by atomic mass is 35.5. The molecule has 1 unspecified atom stereocenters. The van der Waals surface area contributed by atoms with Crippen molar-refractivity contribution in [1.29, 1.82) is 0 Å². The first-order valence-corrected chi connectivity index (χ1v) is 4.87. The minimum Gasteiger partial charge on any atom is -0.319 e. The Bertz CT molecular complexity index is 469. The molecular formula is C10H7ClN2O3. The molecule has 0 aliphatic carbocycles. The molecule has 3 amide bonds. The molecule has 1 heterocycles. The number of Topliss-reactive ketones (excluding diaryl/α,β-unsaturated/α-hetero) is 1. The fourth-order valence-electron chi connectivity index (χ4n) is 1.38. The molecule has 1 aromatic rings. The summed E-state index contributed by atoms with van der Waals surface area (Å²) in [7, 11) is 0. The van der Waals surface area contributed by atoms with E-state index in [0.29, 0.717) is 10.6 Å². The maximum Gasteiger partial charge on any atom is 0.322 e. The van der Waals surface area contributed by atoms with E-state index in [1.165, 1.54) is 12.1 Å². The summed E-state index contributed by atoms with van der Waals surface area (Å²) < 4.78 is 0. The van der Waals surface area contributed by atoms with Crippen molar-refractivity contribution in [2.75, 3.05) is 0 Å². The van der Waals surface area contributed by atoms with E-state index in [9.17, 15) is 14.4 Å². The fraction of sp³-hybridized carbons (Fsp3) is 0.100. The van der Waals surface area contributed by atoms with Crippen molar-refractivity contribution in [2.24, 2.45) is 0 Å². The first-order valence-electron chi connectivity index (χ1n) is 4.49. The summed E-state index contributed by atoms with van der Waals surface area (Å²) in [6.45, 7) is 0. The van der Waals surface area contributed by atoms with Crippen molar-refractivity contribution in [2.45, 2.75) is 6.04 Å². The Kier molecular flexibility index (Phi) is 2.62. The van der Waals surface area contributed by atoms with Crippen LogP contribution in [0.5, 0.6) is 0 Å². The quantitative estimate of drug-likeness (QED) is 0.453. The summed E-state index contributed by atoms with van der Waals surface area (Å²) in [6.07, 6.45) is 0. The summed E-state index contributed by atoms with van der Waals surface area (Å²) in [4.78, 5) is 33.9. The van der Waals surface area contributed by atoms with E-state index in [1.54, 1.807) is 12.1 Å². The van der Waals surface area contributed by atoms with Crippen LogP contribution in [0.25, 0.3) is 0 Å². The SMILES string of the molecule is O=C1NC(=O)C(C(=O)c2ccc(Cl)cc2)N1. The molecule has 5 nitrogen and oxygen atoms in total. The number of ketones is 1. The molecule has 1 fully saturated rings. The summed E-state index contributed by atoms with van der Waals surface area (Å²) >= 11 is 5.67. The largest absolute Gasteiger partial charge is 0.322 e. The fourth-order valence-corrected chi connectivity index (χ4v) is 1.51. The lowest BCUT2D eigenvalue weighted by atomic mass is 10.0. The Morgan fingerprint density at radius 1 is 1.19 bits per heavy atom. The molecule has 1 saturated heterocycles. The van der Waals surface area contributed by atoms with Gasteiger partial charge in [-0.15, -0.1) is 0 Å². The third-order valence-electron chi connectivity index (χ3n) is 2.17. The minimum absolute atomic E-state index is 0.326. The zero-order chi connectivity index (χ0) is 11.7. The van der Waals surface area contributed by atoms with E-state index < -0.39 is 23.8 Å². The highest BCUT2D eigenvalue weighted by Crippen LogP contribution is 2.12. The Morgan fingerprint density at radius 2 is 1.81 bits per heavy atom. The molecular weight excluding hydrogens is 232 g/mol. The van der Waals surface area contributed by atoms with Crippen molar-refractivity contribution in [1.82, 2.24) is 10.6 Å². The van der Waals surface area contributed by atoms with Crippen LogP contribution in [0.15, 0.2) is 24.3 Å². The first kappa shape index (κ1) is 10.6. The van der Waals surface area contributed by atoms with Gasteiger partial charge in [-0.2, -0.15) is 0 Å². The van der Waals surface area contributed by atoms with Gasteiger partial charge in [-0.1, -0.05) is 11.6 Å². The number of halogens is 1. The van der Waals surface area contributed by atoms with E-state index in [4.69, 9.17) is 11.6 Å². The molecule has 0 bridgehead atoms. The molecule has 1 atom stereocenters. The molecule has 6 heteroatoms. The summed E-state index contributed by atoms with van der Waals surface area (Å²) in [5.41, 5.74) is 0.326. The number of rotatable bonds is 2. The van der Waals surface area contributed by atoms with E-state index >= 15 is 0 Å². The minimum atomic E-state index is -1.14. The zero-order valence-electron chi connectivity index (χ0n) is 7.99. The Labute approximate surface area is 95.8 Å². The molecule has 1 aliphatic heterocycles. The second-order valence-electron chi connectivity index (χ2n) is 3.27. The van der Waals surface area contributed by atoms with Gasteiger partial charge in [0.25, 0.3) is 5.91 Å². The molecule has 0 saturated carbocycles. The number of benzene rings is 1. The van der Waals surface area contributed by atoms with Gasteiger partial charge in [-0.3, -0.25) is 14.9 Å². The van der Waals surface area contributed by atoms with Gasteiger partial charge in [0.1, 0.15) is 0 Å². The lowest BCUT2D eigenvalue weighted by molar-refractivity contribution is -0.119. The van der Waals surface area contributed by atoms with E-state index in [2.05, 4.69) is 5.32 Å². The standard InChI is InChI=1S/C10H7ClN2O3/c11-6-3-1-5(2-4-6)8(14)7-9(15)13-10(16)12-7/h1-4,7H,(H2,12,13,15,16). The predicted octanol–water partition coefficient (Wildman–Crippen LogP) is 0.731. The van der Waals surface area contributed by atoms with Gasteiger partial charge in [0, 0.05) is 10.6 Å². The van der Waals surface area contributed by atoms with Crippen LogP contribution in [-0.2, 0) is 4.79 Å². The average molecular weight is 239 g/mol. The van der Waals surface area contributed by atoms with Gasteiger partial charge < -0.3 is 5.32 Å². The molecule has 0 spiro atoms. The maximum atomic E-state index is 11.8. The van der Waals surface area contributed by atoms with Crippen molar-refractivity contribution in [3.8, 4) is 0 Å². The third kappa shape index (κ3) is 1.90. The number of imide groups is 1. The Morgan fingerprint density at radius 3 is 2.31 bits per heavy atom. The van der Waals surface area contributed by atoms with Crippen LogP contribution >= 0.6 is 11.6 Å². The number of carbonyl (C=O) groups excluding carboxylic acids is 3. The van der Waals surface area contributed by atoms with Crippen LogP contribution in [0.3, 0.4) is 0 Å². The third-order valence-corrected chi connectivity index (χ3v) is 2.42. The van der Waals surface area contributed by atoms with Crippen molar-refractivity contribution in [3.05, 3.63) is 34.9 Å². The van der Waals surface area contributed by atoms with Gasteiger partial charge in [0.15, 0.2) is 11.8 Å². The lowest BCUT2D eigenvalue weighted by Gasteiger charge is -2.05. The van der Waals surface area contributed by atoms with Crippen molar-refractivity contribution in [3.63, 3.8) is 0 Å². The number of carbonyl (C=O) groups is 3. The van der Waals surface area contributed by atoms with E-state index in [0.717, 1.165) is 0 Å². The summed E-state index contributed by atoms with van der Waals surface area (Å²) in [5.74, 6) is -1.09. The Hall–Kier alpha value is -1.88. The van der Waals surface area contributed by atoms with Crippen LogP contribution in [0.4, 0.5) is 4.79 Å². The second kappa shape index (κ2) is 3.94. The average Bonchev–Trinajstić information content (AvgIpc) is 2.58. The summed E-state index contributed by atoms with van der Waals surface area (Å²) in [6, 6.07) is 4.30. The number of amides is 3. The van der Waals surface area contributed by atoms with Gasteiger partial charge in [0.05, 0.1) is 0 Å². The smallest absolute Gasteiger partial charge is 0.319 e. The number of hydrogen-bond donors (Lipinski definition) is 2. The Balaban J connectivity index is 2.22. The highest BCUT2D eigenvalue weighted by Gasteiger charge is 2.35. The van der Waals surface area contributed by atoms with Gasteiger partial charge in [0.2, 0.25) is 0 Å². The number of urea groups is 1. The topological polar surface area (TPSA) is 75.3 Å². The predicted molar refractivity (Wildman–Crippen MR) is 56.2 cm³/mol. The van der Waals surface area contributed by atoms with Gasteiger partial charge in [-0.05, 0) is 24.3 Å². The van der Waals surface area contributed by atoms with Crippen LogP contribution in [0.1, 0.15) is 10.4 Å². The molecule has 2 N–H and O–H groups in total. The van der Waals surface area contributed by atoms with Crippen molar-refractivity contribution < 1.29 is 14.4 Å². The van der Waals surface area contributed by atoms with Crippen molar-refractivity contribution >= 4 is 29.3 Å². The molecule has 1 aromatic carbocycles. The highest BCUT2D eigenvalue weighted by molar-refractivity contribution is 6.30. The van der Waals surface area contributed by atoms with E-state index in [-0.39, 0.29) is 0 Å². The number of hydrogen-bond acceptors (Lipinski definition) is 3.